The van der Waals surface area contributed by atoms with E-state index in [2.05, 4.69) is 11.4 Å². The van der Waals surface area contributed by atoms with Gasteiger partial charge in [-0.1, -0.05) is 0 Å². The van der Waals surface area contributed by atoms with Gasteiger partial charge >= 0.3 is 0 Å². The van der Waals surface area contributed by atoms with Gasteiger partial charge in [0.05, 0.1) is 12.0 Å². The predicted molar refractivity (Wildman–Crippen MR) is 72.3 cm³/mol. The highest BCUT2D eigenvalue weighted by Crippen LogP contribution is 2.33. The van der Waals surface area contributed by atoms with Crippen LogP contribution in [0.5, 0.6) is 5.75 Å². The molecule has 1 aliphatic heterocycles. The molecular weight excluding hydrogens is 246 g/mol. The molecule has 1 aromatic heterocycles. The first-order valence-corrected chi connectivity index (χ1v) is 6.65. The first kappa shape index (κ1) is 11.3. The summed E-state index contributed by atoms with van der Waals surface area (Å²) in [7, 11) is 1.66. The third kappa shape index (κ3) is 1.88. The lowest BCUT2D eigenvalue weighted by Gasteiger charge is -2.10. The Morgan fingerprint density at radius 3 is 2.72 bits per heavy atom. The van der Waals surface area contributed by atoms with Crippen molar-refractivity contribution >= 4 is 17.2 Å². The molecule has 2 aromatic rings. The van der Waals surface area contributed by atoms with Crippen molar-refractivity contribution in [3.63, 3.8) is 0 Å². The number of nitrogens with one attached hydrogen (secondary N) is 1. The van der Waals surface area contributed by atoms with Crippen LogP contribution in [0.1, 0.15) is 15.2 Å². The van der Waals surface area contributed by atoms with E-state index in [0.29, 0.717) is 0 Å². The van der Waals surface area contributed by atoms with Crippen LogP contribution in [0.15, 0.2) is 30.3 Å². The van der Waals surface area contributed by atoms with Crippen LogP contribution >= 0.6 is 11.3 Å². The maximum absolute atomic E-state index is 11.7. The number of carbonyl (C=O) groups is 1. The molecule has 3 nitrogen and oxygen atoms in total. The zero-order chi connectivity index (χ0) is 12.5. The van der Waals surface area contributed by atoms with Crippen molar-refractivity contribution in [3.05, 3.63) is 40.8 Å². The number of methoxy groups -OCH3 is 1. The van der Waals surface area contributed by atoms with Crippen LogP contribution < -0.4 is 10.1 Å². The molecule has 0 fully saturated rings. The smallest absolute Gasteiger partial charge is 0.261 e. The van der Waals surface area contributed by atoms with Crippen LogP contribution in [0, 0.1) is 0 Å². The van der Waals surface area contributed by atoms with Gasteiger partial charge in [-0.05, 0) is 47.9 Å². The van der Waals surface area contributed by atoms with E-state index < -0.39 is 0 Å². The van der Waals surface area contributed by atoms with E-state index in [0.717, 1.165) is 39.6 Å². The molecule has 0 radical (unpaired) electrons. The Morgan fingerprint density at radius 1 is 1.28 bits per heavy atom. The number of hydrogen-bond donors (Lipinski definition) is 1. The molecule has 18 heavy (non-hydrogen) atoms. The van der Waals surface area contributed by atoms with Crippen molar-refractivity contribution in [2.45, 2.75) is 6.42 Å². The summed E-state index contributed by atoms with van der Waals surface area (Å²) < 4.78 is 5.14. The second kappa shape index (κ2) is 4.46. The van der Waals surface area contributed by atoms with Gasteiger partial charge in [-0.2, -0.15) is 0 Å². The van der Waals surface area contributed by atoms with Gasteiger partial charge in [0, 0.05) is 11.4 Å². The summed E-state index contributed by atoms with van der Waals surface area (Å²) in [5, 5.41) is 2.87. The van der Waals surface area contributed by atoms with E-state index in [1.807, 2.05) is 24.3 Å². The number of benzene rings is 1. The number of hydrogen-bond acceptors (Lipinski definition) is 3. The molecule has 3 rings (SSSR count). The van der Waals surface area contributed by atoms with Crippen molar-refractivity contribution in [3.8, 4) is 16.2 Å². The molecule has 0 spiro atoms. The molecule has 4 heteroatoms. The largest absolute Gasteiger partial charge is 0.497 e. The zero-order valence-corrected chi connectivity index (χ0v) is 10.8. The third-order valence-corrected chi connectivity index (χ3v) is 4.29. The Bertz CT molecular complexity index is 586. The van der Waals surface area contributed by atoms with Crippen molar-refractivity contribution in [1.82, 2.24) is 5.32 Å². The standard InChI is InChI=1S/C14H13NO2S/c1-17-11-4-2-9(3-5-11)12-8-10-6-7-15-14(16)13(10)18-12/h2-5,8H,6-7H2,1H3,(H,15,16). The lowest BCUT2D eigenvalue weighted by molar-refractivity contribution is 0.0950. The number of fused-ring (bicyclic) bond motifs is 1. The van der Waals surface area contributed by atoms with Gasteiger partial charge in [-0.3, -0.25) is 4.79 Å². The molecule has 0 saturated heterocycles. The van der Waals surface area contributed by atoms with E-state index in [9.17, 15) is 4.79 Å². The molecule has 0 aliphatic carbocycles. The lowest BCUT2D eigenvalue weighted by Crippen LogP contribution is -2.30. The second-order valence-electron chi connectivity index (χ2n) is 4.20. The van der Waals surface area contributed by atoms with E-state index in [1.165, 1.54) is 0 Å². The summed E-state index contributed by atoms with van der Waals surface area (Å²) >= 11 is 1.56. The van der Waals surface area contributed by atoms with E-state index in [-0.39, 0.29) is 5.91 Å². The molecule has 2 heterocycles. The molecule has 0 bridgehead atoms. The average Bonchev–Trinajstić information content (AvgIpc) is 2.84. The molecule has 1 aliphatic rings. The van der Waals surface area contributed by atoms with Crippen LogP contribution in [-0.4, -0.2) is 19.6 Å². The molecular formula is C14H13NO2S. The number of thiophene rings is 1. The van der Waals surface area contributed by atoms with Crippen molar-refractivity contribution in [1.29, 1.82) is 0 Å². The van der Waals surface area contributed by atoms with Crippen LogP contribution in [0.2, 0.25) is 0 Å². The number of ether oxygens (including phenoxy) is 1. The summed E-state index contributed by atoms with van der Waals surface area (Å²) in [4.78, 5) is 13.7. The molecule has 1 amide bonds. The lowest BCUT2D eigenvalue weighted by atomic mass is 10.1. The van der Waals surface area contributed by atoms with Gasteiger partial charge in [-0.25, -0.2) is 0 Å². The van der Waals surface area contributed by atoms with Gasteiger partial charge in [0.1, 0.15) is 5.75 Å². The minimum absolute atomic E-state index is 0.0565. The van der Waals surface area contributed by atoms with Gasteiger partial charge < -0.3 is 10.1 Å². The number of carbonyl (C=O) groups excluding carboxylic acids is 1. The van der Waals surface area contributed by atoms with Crippen molar-refractivity contribution in [2.24, 2.45) is 0 Å². The van der Waals surface area contributed by atoms with Crippen molar-refractivity contribution < 1.29 is 9.53 Å². The molecule has 0 unspecified atom stereocenters. The highest BCUT2D eigenvalue weighted by molar-refractivity contribution is 7.17. The SMILES string of the molecule is COc1ccc(-c2cc3c(s2)C(=O)NCC3)cc1. The Labute approximate surface area is 109 Å². The fourth-order valence-electron chi connectivity index (χ4n) is 2.10. The first-order valence-electron chi connectivity index (χ1n) is 5.83. The quantitative estimate of drug-likeness (QED) is 0.900. The maximum atomic E-state index is 11.7. The van der Waals surface area contributed by atoms with Crippen LogP contribution in [-0.2, 0) is 6.42 Å². The Balaban J connectivity index is 1.99. The second-order valence-corrected chi connectivity index (χ2v) is 5.25. The van der Waals surface area contributed by atoms with Gasteiger partial charge in [0.25, 0.3) is 5.91 Å². The molecule has 0 saturated carbocycles. The zero-order valence-electron chi connectivity index (χ0n) is 10.0. The van der Waals surface area contributed by atoms with E-state index in [4.69, 9.17) is 4.74 Å². The van der Waals surface area contributed by atoms with E-state index >= 15 is 0 Å². The Kier molecular flexibility index (Phi) is 2.80. The third-order valence-electron chi connectivity index (χ3n) is 3.07. The maximum Gasteiger partial charge on any atom is 0.261 e. The first-order chi connectivity index (χ1) is 8.78. The monoisotopic (exact) mass is 259 g/mol. The summed E-state index contributed by atoms with van der Waals surface area (Å²) in [6.45, 7) is 0.741. The highest BCUT2D eigenvalue weighted by atomic mass is 32.1. The minimum Gasteiger partial charge on any atom is -0.497 e. The number of rotatable bonds is 2. The van der Waals surface area contributed by atoms with Crippen LogP contribution in [0.25, 0.3) is 10.4 Å². The van der Waals surface area contributed by atoms with Crippen molar-refractivity contribution in [2.75, 3.05) is 13.7 Å². The fraction of sp³-hybridized carbons (Fsp3) is 0.214. The summed E-state index contributed by atoms with van der Waals surface area (Å²) in [5.41, 5.74) is 2.29. The fourth-order valence-corrected chi connectivity index (χ4v) is 3.23. The molecule has 92 valence electrons. The number of amides is 1. The Hall–Kier alpha value is -1.81. The van der Waals surface area contributed by atoms with Crippen LogP contribution in [0.3, 0.4) is 0 Å². The Morgan fingerprint density at radius 2 is 2.06 bits per heavy atom. The van der Waals surface area contributed by atoms with Crippen LogP contribution in [0.4, 0.5) is 0 Å². The average molecular weight is 259 g/mol. The summed E-state index contributed by atoms with van der Waals surface area (Å²) in [5.74, 6) is 0.902. The molecule has 1 N–H and O–H groups in total. The molecule has 0 atom stereocenters. The normalized spacial score (nSPS) is 13.9. The van der Waals surface area contributed by atoms with Gasteiger partial charge in [0.2, 0.25) is 0 Å². The minimum atomic E-state index is 0.0565. The topological polar surface area (TPSA) is 38.3 Å². The van der Waals surface area contributed by atoms with Gasteiger partial charge in [-0.15, -0.1) is 11.3 Å². The van der Waals surface area contributed by atoms with Gasteiger partial charge in [0.15, 0.2) is 0 Å². The predicted octanol–water partition coefficient (Wildman–Crippen LogP) is 2.71. The highest BCUT2D eigenvalue weighted by Gasteiger charge is 2.20. The summed E-state index contributed by atoms with van der Waals surface area (Å²) in [6, 6.07) is 10.0. The summed E-state index contributed by atoms with van der Waals surface area (Å²) in [6.07, 6.45) is 0.924. The van der Waals surface area contributed by atoms with E-state index in [1.54, 1.807) is 18.4 Å². The molecule has 1 aromatic carbocycles.